The molecule has 2 aliphatic carbocycles. The van der Waals surface area contributed by atoms with Crippen molar-refractivity contribution in [1.29, 1.82) is 0 Å². The van der Waals surface area contributed by atoms with Crippen LogP contribution in [0.4, 0.5) is 11.6 Å². The first-order chi connectivity index (χ1) is 8.25. The number of nitrogen functional groups attached to an aromatic ring is 1. The van der Waals surface area contributed by atoms with Crippen LogP contribution in [0.5, 0.6) is 0 Å². The van der Waals surface area contributed by atoms with Crippen LogP contribution in [0.15, 0.2) is 10.8 Å². The molecule has 0 saturated heterocycles. The molecule has 1 heterocycles. The third-order valence-corrected chi connectivity index (χ3v) is 4.56. The zero-order valence-corrected chi connectivity index (χ0v) is 11.3. The second-order valence-electron chi connectivity index (χ2n) is 5.14. The summed E-state index contributed by atoms with van der Waals surface area (Å²) < 4.78 is 0.783. The zero-order chi connectivity index (χ0) is 11.8. The van der Waals surface area contributed by atoms with E-state index in [4.69, 9.17) is 5.73 Å². The second kappa shape index (κ2) is 4.44. The molecule has 2 fully saturated rings. The number of rotatable bonds is 5. The SMILES string of the molecule is Nc1ncnc(NCC(C2CC2)C2CC2)c1Br. The zero-order valence-electron chi connectivity index (χ0n) is 9.69. The minimum atomic E-state index is 0.497. The molecule has 2 aliphatic rings. The summed E-state index contributed by atoms with van der Waals surface area (Å²) >= 11 is 3.42. The maximum Gasteiger partial charge on any atom is 0.145 e. The lowest BCUT2D eigenvalue weighted by Gasteiger charge is -2.17. The van der Waals surface area contributed by atoms with E-state index in [1.165, 1.54) is 32.0 Å². The molecule has 1 aromatic rings. The summed E-state index contributed by atoms with van der Waals surface area (Å²) in [4.78, 5) is 8.16. The van der Waals surface area contributed by atoms with Crippen LogP contribution in [-0.2, 0) is 0 Å². The fraction of sp³-hybridized carbons (Fsp3) is 0.667. The van der Waals surface area contributed by atoms with Crippen molar-refractivity contribution >= 4 is 27.6 Å². The monoisotopic (exact) mass is 296 g/mol. The highest BCUT2D eigenvalue weighted by molar-refractivity contribution is 9.10. The summed E-state index contributed by atoms with van der Waals surface area (Å²) in [6.45, 7) is 1.02. The van der Waals surface area contributed by atoms with Crippen molar-refractivity contribution in [3.63, 3.8) is 0 Å². The smallest absolute Gasteiger partial charge is 0.145 e. The molecule has 1 aromatic heterocycles. The highest BCUT2D eigenvalue weighted by Crippen LogP contribution is 2.49. The Kier molecular flexibility index (Phi) is 2.94. The summed E-state index contributed by atoms with van der Waals surface area (Å²) in [5, 5.41) is 3.42. The van der Waals surface area contributed by atoms with Gasteiger partial charge in [0, 0.05) is 6.54 Å². The van der Waals surface area contributed by atoms with E-state index in [0.717, 1.165) is 34.6 Å². The molecule has 0 bridgehead atoms. The summed E-state index contributed by atoms with van der Waals surface area (Å²) in [6.07, 6.45) is 7.16. The molecule has 0 spiro atoms. The van der Waals surface area contributed by atoms with Gasteiger partial charge in [-0.1, -0.05) is 0 Å². The van der Waals surface area contributed by atoms with Crippen molar-refractivity contribution in [3.05, 3.63) is 10.8 Å². The molecule has 2 saturated carbocycles. The summed E-state index contributed by atoms with van der Waals surface area (Å²) in [5.41, 5.74) is 5.73. The lowest BCUT2D eigenvalue weighted by atomic mass is 9.98. The Morgan fingerprint density at radius 3 is 2.53 bits per heavy atom. The van der Waals surface area contributed by atoms with Gasteiger partial charge in [0.1, 0.15) is 22.4 Å². The van der Waals surface area contributed by atoms with Gasteiger partial charge in [-0.15, -0.1) is 0 Å². The molecule has 0 aliphatic heterocycles. The molecule has 4 nitrogen and oxygen atoms in total. The molecule has 0 unspecified atom stereocenters. The Morgan fingerprint density at radius 1 is 1.29 bits per heavy atom. The average Bonchev–Trinajstić information content (AvgIpc) is 3.14. The molecule has 3 rings (SSSR count). The predicted octanol–water partition coefficient (Wildman–Crippen LogP) is 2.67. The number of halogens is 1. The van der Waals surface area contributed by atoms with E-state index in [-0.39, 0.29) is 0 Å². The third kappa shape index (κ3) is 2.54. The highest BCUT2D eigenvalue weighted by atomic mass is 79.9. The topological polar surface area (TPSA) is 63.8 Å². The van der Waals surface area contributed by atoms with Crippen LogP contribution in [-0.4, -0.2) is 16.5 Å². The minimum absolute atomic E-state index is 0.497. The first kappa shape index (κ1) is 11.3. The van der Waals surface area contributed by atoms with Crippen LogP contribution < -0.4 is 11.1 Å². The van der Waals surface area contributed by atoms with E-state index in [0.29, 0.717) is 5.82 Å². The van der Waals surface area contributed by atoms with Crippen molar-refractivity contribution in [3.8, 4) is 0 Å². The number of nitrogens with zero attached hydrogens (tertiary/aromatic N) is 2. The van der Waals surface area contributed by atoms with E-state index in [1.54, 1.807) is 0 Å². The normalized spacial score (nSPS) is 19.6. The largest absolute Gasteiger partial charge is 0.383 e. The van der Waals surface area contributed by atoms with Gasteiger partial charge < -0.3 is 11.1 Å². The lowest BCUT2D eigenvalue weighted by Crippen LogP contribution is -2.19. The van der Waals surface area contributed by atoms with Gasteiger partial charge in [0.25, 0.3) is 0 Å². The van der Waals surface area contributed by atoms with E-state index in [1.807, 2.05) is 0 Å². The van der Waals surface area contributed by atoms with Crippen molar-refractivity contribution in [2.75, 3.05) is 17.6 Å². The Hall–Kier alpha value is -0.840. The summed E-state index contributed by atoms with van der Waals surface area (Å²) in [6, 6.07) is 0. The van der Waals surface area contributed by atoms with Gasteiger partial charge in [-0.25, -0.2) is 9.97 Å². The molecule has 0 atom stereocenters. The minimum Gasteiger partial charge on any atom is -0.383 e. The Morgan fingerprint density at radius 2 is 1.94 bits per heavy atom. The first-order valence-corrected chi connectivity index (χ1v) is 7.05. The van der Waals surface area contributed by atoms with Gasteiger partial charge >= 0.3 is 0 Å². The van der Waals surface area contributed by atoms with Crippen LogP contribution >= 0.6 is 15.9 Å². The van der Waals surface area contributed by atoms with Gasteiger partial charge in [-0.05, 0) is 59.4 Å². The van der Waals surface area contributed by atoms with Gasteiger partial charge in [-0.3, -0.25) is 0 Å². The second-order valence-corrected chi connectivity index (χ2v) is 5.93. The molecule has 0 radical (unpaired) electrons. The molecular formula is C12H17BrN4. The Balaban J connectivity index is 1.64. The van der Waals surface area contributed by atoms with Crippen molar-refractivity contribution in [2.45, 2.75) is 25.7 Å². The molecule has 17 heavy (non-hydrogen) atoms. The van der Waals surface area contributed by atoms with Gasteiger partial charge in [0.15, 0.2) is 0 Å². The fourth-order valence-electron chi connectivity index (χ4n) is 2.49. The molecule has 0 aromatic carbocycles. The van der Waals surface area contributed by atoms with Crippen LogP contribution in [0.2, 0.25) is 0 Å². The molecule has 3 N–H and O–H groups in total. The Labute approximate surface area is 110 Å². The van der Waals surface area contributed by atoms with Gasteiger partial charge in [-0.2, -0.15) is 0 Å². The summed E-state index contributed by atoms with van der Waals surface area (Å²) in [5.74, 6) is 4.06. The van der Waals surface area contributed by atoms with E-state index in [2.05, 4.69) is 31.2 Å². The van der Waals surface area contributed by atoms with Crippen molar-refractivity contribution < 1.29 is 0 Å². The van der Waals surface area contributed by atoms with E-state index in [9.17, 15) is 0 Å². The van der Waals surface area contributed by atoms with E-state index < -0.39 is 0 Å². The number of aromatic nitrogens is 2. The van der Waals surface area contributed by atoms with Gasteiger partial charge in [0.05, 0.1) is 0 Å². The number of nitrogens with one attached hydrogen (secondary N) is 1. The quantitative estimate of drug-likeness (QED) is 0.877. The fourth-order valence-corrected chi connectivity index (χ4v) is 2.83. The van der Waals surface area contributed by atoms with Crippen LogP contribution in [0, 0.1) is 17.8 Å². The maximum atomic E-state index is 5.73. The van der Waals surface area contributed by atoms with Gasteiger partial charge in [0.2, 0.25) is 0 Å². The van der Waals surface area contributed by atoms with Crippen LogP contribution in [0.3, 0.4) is 0 Å². The molecule has 92 valence electrons. The number of nitrogens with two attached hydrogens (primary N) is 1. The van der Waals surface area contributed by atoms with Crippen molar-refractivity contribution in [2.24, 2.45) is 17.8 Å². The Bertz CT molecular complexity index is 403. The first-order valence-electron chi connectivity index (χ1n) is 6.25. The van der Waals surface area contributed by atoms with Crippen LogP contribution in [0.1, 0.15) is 25.7 Å². The predicted molar refractivity (Wildman–Crippen MR) is 71.6 cm³/mol. The van der Waals surface area contributed by atoms with Crippen LogP contribution in [0.25, 0.3) is 0 Å². The van der Waals surface area contributed by atoms with E-state index >= 15 is 0 Å². The standard InChI is InChI=1S/C12H17BrN4/c13-10-11(14)16-6-17-12(10)15-5-9(7-1-2-7)8-3-4-8/h6-9H,1-5H2,(H3,14,15,16,17). The number of hydrogen-bond donors (Lipinski definition) is 2. The number of hydrogen-bond acceptors (Lipinski definition) is 4. The molecule has 0 amide bonds. The molecular weight excluding hydrogens is 280 g/mol. The maximum absolute atomic E-state index is 5.73. The van der Waals surface area contributed by atoms with Crippen molar-refractivity contribution in [1.82, 2.24) is 9.97 Å². The average molecular weight is 297 g/mol. The highest BCUT2D eigenvalue weighted by Gasteiger charge is 2.41. The summed E-state index contributed by atoms with van der Waals surface area (Å²) in [7, 11) is 0. The lowest BCUT2D eigenvalue weighted by molar-refractivity contribution is 0.427. The third-order valence-electron chi connectivity index (χ3n) is 3.78. The number of anilines is 2. The molecule has 5 heteroatoms.